The molecule has 142 valence electrons. The molecule has 3 nitrogen and oxygen atoms in total. The fraction of sp³-hybridized carbons (Fsp3) is 0.364. The number of nitrogens with zero attached hydrogens (tertiary/aromatic N) is 1. The van der Waals surface area contributed by atoms with Gasteiger partial charge in [0.15, 0.2) is 0 Å². The van der Waals surface area contributed by atoms with Gasteiger partial charge in [0.05, 0.1) is 6.04 Å². The summed E-state index contributed by atoms with van der Waals surface area (Å²) in [6.45, 7) is 10.3. The van der Waals surface area contributed by atoms with E-state index in [4.69, 9.17) is 5.73 Å². The second kappa shape index (κ2) is 9.97. The van der Waals surface area contributed by atoms with Crippen LogP contribution in [0.5, 0.6) is 5.75 Å². The molecule has 3 N–H and O–H groups in total. The lowest BCUT2D eigenvalue weighted by molar-refractivity contribution is 0.302. The number of hydrogen-bond acceptors (Lipinski definition) is 3. The average molecular weight is 359 g/mol. The summed E-state index contributed by atoms with van der Waals surface area (Å²) in [5.41, 5.74) is 9.73. The number of nitrogens with two attached hydrogens (primary N) is 1. The fourth-order valence-electron chi connectivity index (χ4n) is 3.00. The van der Waals surface area contributed by atoms with Crippen molar-refractivity contribution in [1.82, 2.24) is 4.90 Å². The van der Waals surface area contributed by atoms with Crippen LogP contribution in [0.1, 0.15) is 56.0 Å². The summed E-state index contributed by atoms with van der Waals surface area (Å²) in [7, 11) is 1.94. The molecule has 26 heavy (non-hydrogen) atoms. The van der Waals surface area contributed by atoms with Crippen LogP contribution in [-0.2, 0) is 0 Å². The van der Waals surface area contributed by atoms with Gasteiger partial charge in [0.25, 0.3) is 0 Å². The summed E-state index contributed by atoms with van der Waals surface area (Å²) in [4.78, 5) is 2.04. The summed E-state index contributed by atoms with van der Waals surface area (Å²) in [6.07, 6.45) is 1.94. The normalized spacial score (nSPS) is 16.1. The summed E-state index contributed by atoms with van der Waals surface area (Å²) in [5, 5.41) is 10.3. The number of aromatic hydroxyl groups is 1. The Kier molecular flexibility index (Phi) is 8.33. The SMILES string of the molecule is CC.CC.Cc1cc(O)c(C2c3ccccc3C(N)=CCN2C)cc1F. The molecular formula is C22H31FN2O. The van der Waals surface area contributed by atoms with E-state index in [9.17, 15) is 9.50 Å². The fourth-order valence-corrected chi connectivity index (χ4v) is 3.00. The van der Waals surface area contributed by atoms with Crippen molar-refractivity contribution in [1.29, 1.82) is 0 Å². The highest BCUT2D eigenvalue weighted by atomic mass is 19.1. The molecule has 0 aromatic heterocycles. The quantitative estimate of drug-likeness (QED) is 0.734. The first-order chi connectivity index (χ1) is 12.5. The first-order valence-electron chi connectivity index (χ1n) is 9.23. The van der Waals surface area contributed by atoms with Crippen molar-refractivity contribution in [3.05, 3.63) is 70.5 Å². The molecule has 1 heterocycles. The Balaban J connectivity index is 0.000000791. The Morgan fingerprint density at radius 3 is 2.35 bits per heavy atom. The van der Waals surface area contributed by atoms with Crippen molar-refractivity contribution >= 4 is 5.70 Å². The molecule has 0 radical (unpaired) electrons. The third-order valence-electron chi connectivity index (χ3n) is 4.21. The van der Waals surface area contributed by atoms with Gasteiger partial charge < -0.3 is 10.8 Å². The van der Waals surface area contributed by atoms with E-state index < -0.39 is 0 Å². The zero-order chi connectivity index (χ0) is 19.9. The highest BCUT2D eigenvalue weighted by molar-refractivity contribution is 5.68. The zero-order valence-electron chi connectivity index (χ0n) is 16.7. The lowest BCUT2D eigenvalue weighted by Crippen LogP contribution is -2.25. The average Bonchev–Trinajstić information content (AvgIpc) is 2.79. The number of phenolic OH excluding ortho intramolecular Hbond substituents is 1. The minimum absolute atomic E-state index is 0.103. The van der Waals surface area contributed by atoms with E-state index in [0.717, 1.165) is 11.1 Å². The van der Waals surface area contributed by atoms with Crippen LogP contribution in [0.3, 0.4) is 0 Å². The van der Waals surface area contributed by atoms with Crippen LogP contribution in [-0.4, -0.2) is 23.6 Å². The summed E-state index contributed by atoms with van der Waals surface area (Å²) in [5.74, 6) is -0.213. The number of hydrogen-bond donors (Lipinski definition) is 2. The van der Waals surface area contributed by atoms with Crippen molar-refractivity contribution in [3.8, 4) is 5.75 Å². The standard InChI is InChI=1S/C18H19FN2O.2C2H6/c1-11-9-17(22)14(10-15(11)19)18-13-6-4-3-5-12(13)16(20)7-8-21(18)2;2*1-2/h3-7,9-10,18,22H,8,20H2,1-2H3;2*1-2H3. The summed E-state index contributed by atoms with van der Waals surface area (Å²) in [6, 6.07) is 10.4. The Bertz CT molecular complexity index is 756. The van der Waals surface area contributed by atoms with Gasteiger partial charge in [-0.1, -0.05) is 52.0 Å². The number of halogens is 1. The molecular weight excluding hydrogens is 327 g/mol. The number of phenols is 1. The van der Waals surface area contributed by atoms with Gasteiger partial charge in [0.1, 0.15) is 11.6 Å². The molecule has 1 aliphatic rings. The molecule has 2 aromatic rings. The maximum Gasteiger partial charge on any atom is 0.126 e. The third kappa shape index (κ3) is 4.44. The van der Waals surface area contributed by atoms with Crippen LogP contribution in [0.4, 0.5) is 4.39 Å². The number of aryl methyl sites for hydroxylation is 1. The number of likely N-dealkylation sites (N-methyl/N-ethyl adjacent to an activating group) is 1. The van der Waals surface area contributed by atoms with Gasteiger partial charge in [-0.3, -0.25) is 4.90 Å². The Labute approximate surface area is 157 Å². The lowest BCUT2D eigenvalue weighted by atomic mass is 9.92. The summed E-state index contributed by atoms with van der Waals surface area (Å²) < 4.78 is 14.0. The maximum atomic E-state index is 14.0. The molecule has 4 heteroatoms. The highest BCUT2D eigenvalue weighted by Crippen LogP contribution is 2.38. The molecule has 3 rings (SSSR count). The number of rotatable bonds is 1. The minimum Gasteiger partial charge on any atom is -0.508 e. The minimum atomic E-state index is -0.316. The largest absolute Gasteiger partial charge is 0.508 e. The van der Waals surface area contributed by atoms with E-state index in [1.165, 1.54) is 12.1 Å². The molecule has 0 saturated heterocycles. The summed E-state index contributed by atoms with van der Waals surface area (Å²) >= 11 is 0. The third-order valence-corrected chi connectivity index (χ3v) is 4.21. The topological polar surface area (TPSA) is 49.5 Å². The molecule has 0 bridgehead atoms. The van der Waals surface area contributed by atoms with Gasteiger partial charge in [0.2, 0.25) is 0 Å². The highest BCUT2D eigenvalue weighted by Gasteiger charge is 2.27. The van der Waals surface area contributed by atoms with Crippen LogP contribution < -0.4 is 5.73 Å². The van der Waals surface area contributed by atoms with E-state index in [0.29, 0.717) is 23.4 Å². The number of benzene rings is 2. The van der Waals surface area contributed by atoms with Gasteiger partial charge in [-0.15, -0.1) is 0 Å². The predicted molar refractivity (Wildman–Crippen MR) is 109 cm³/mol. The van der Waals surface area contributed by atoms with Crippen LogP contribution in [0.25, 0.3) is 5.70 Å². The van der Waals surface area contributed by atoms with Crippen molar-refractivity contribution in [2.45, 2.75) is 40.7 Å². The van der Waals surface area contributed by atoms with E-state index in [1.54, 1.807) is 6.92 Å². The maximum absolute atomic E-state index is 14.0. The van der Waals surface area contributed by atoms with Crippen LogP contribution in [0, 0.1) is 12.7 Å². The molecule has 2 aromatic carbocycles. The Morgan fingerprint density at radius 2 is 1.69 bits per heavy atom. The molecule has 0 amide bonds. The molecule has 1 aliphatic heterocycles. The Morgan fingerprint density at radius 1 is 1.08 bits per heavy atom. The van der Waals surface area contributed by atoms with Crippen molar-refractivity contribution in [2.75, 3.05) is 13.6 Å². The molecule has 1 atom stereocenters. The van der Waals surface area contributed by atoms with Gasteiger partial charge in [-0.2, -0.15) is 0 Å². The second-order valence-electron chi connectivity index (χ2n) is 5.75. The van der Waals surface area contributed by atoms with E-state index >= 15 is 0 Å². The predicted octanol–water partition coefficient (Wildman–Crippen LogP) is 5.23. The number of fused-ring (bicyclic) bond motifs is 1. The first kappa shape index (κ1) is 21.7. The van der Waals surface area contributed by atoms with Gasteiger partial charge in [-0.05, 0) is 43.3 Å². The molecule has 0 saturated carbocycles. The van der Waals surface area contributed by atoms with E-state index in [1.807, 2.05) is 70.0 Å². The Hall–Kier alpha value is -2.33. The van der Waals surface area contributed by atoms with Gasteiger partial charge >= 0.3 is 0 Å². The van der Waals surface area contributed by atoms with Crippen LogP contribution >= 0.6 is 0 Å². The zero-order valence-corrected chi connectivity index (χ0v) is 16.7. The molecule has 0 aliphatic carbocycles. The van der Waals surface area contributed by atoms with Gasteiger partial charge in [-0.25, -0.2) is 4.39 Å². The lowest BCUT2D eigenvalue weighted by Gasteiger charge is -2.28. The van der Waals surface area contributed by atoms with Gasteiger partial charge in [0, 0.05) is 23.4 Å². The second-order valence-corrected chi connectivity index (χ2v) is 5.75. The smallest absolute Gasteiger partial charge is 0.126 e. The molecule has 0 fully saturated rings. The van der Waals surface area contributed by atoms with Crippen molar-refractivity contribution in [2.24, 2.45) is 5.73 Å². The van der Waals surface area contributed by atoms with Crippen LogP contribution in [0.15, 0.2) is 42.5 Å². The van der Waals surface area contributed by atoms with Crippen LogP contribution in [0.2, 0.25) is 0 Å². The monoisotopic (exact) mass is 358 g/mol. The molecule has 1 unspecified atom stereocenters. The van der Waals surface area contributed by atoms with E-state index in [2.05, 4.69) is 0 Å². The van der Waals surface area contributed by atoms with Crippen molar-refractivity contribution < 1.29 is 9.50 Å². The van der Waals surface area contributed by atoms with E-state index in [-0.39, 0.29) is 17.6 Å². The molecule has 0 spiro atoms. The van der Waals surface area contributed by atoms with Crippen molar-refractivity contribution in [3.63, 3.8) is 0 Å². The first-order valence-corrected chi connectivity index (χ1v) is 9.23.